The monoisotopic (exact) mass is 396 g/mol. The second-order valence-electron chi connectivity index (χ2n) is 9.04. The highest BCUT2D eigenvalue weighted by molar-refractivity contribution is 7.91. The molecule has 2 saturated heterocycles. The molecule has 152 valence electrons. The third-order valence-corrected chi connectivity index (χ3v) is 8.70. The molecule has 8 heteroatoms. The number of hydrogen-bond acceptors (Lipinski definition) is 4. The Labute approximate surface area is 162 Å². The highest BCUT2D eigenvalue weighted by Crippen LogP contribution is 2.44. The topological polar surface area (TPSA) is 90.9 Å². The predicted octanol–water partition coefficient (Wildman–Crippen LogP) is 0.766. The summed E-state index contributed by atoms with van der Waals surface area (Å²) in [5.41, 5.74) is 0. The molecule has 2 N–H and O–H groups in total. The van der Waals surface area contributed by atoms with Crippen LogP contribution in [0.25, 0.3) is 0 Å². The molecule has 1 amide bonds. The van der Waals surface area contributed by atoms with Crippen molar-refractivity contribution >= 4 is 21.7 Å². The largest absolute Gasteiger partial charge is 0.353 e. The van der Waals surface area contributed by atoms with Crippen LogP contribution in [0, 0.1) is 17.8 Å². The number of aliphatic imine (C=N–C) groups is 1. The van der Waals surface area contributed by atoms with E-state index in [2.05, 4.69) is 10.6 Å². The van der Waals surface area contributed by atoms with Crippen molar-refractivity contribution in [1.82, 2.24) is 15.5 Å². The molecule has 0 aromatic heterocycles. The number of carbonyl (C=O) groups excluding carboxylic acids is 1. The van der Waals surface area contributed by atoms with E-state index in [-0.39, 0.29) is 23.6 Å². The average Bonchev–Trinajstić information content (AvgIpc) is 3.31. The number of fused-ring (bicyclic) bond motifs is 2. The molecule has 0 radical (unpaired) electrons. The van der Waals surface area contributed by atoms with E-state index in [1.165, 1.54) is 25.7 Å². The number of sulfone groups is 1. The summed E-state index contributed by atoms with van der Waals surface area (Å²) in [4.78, 5) is 18.3. The minimum atomic E-state index is -2.87. The zero-order valence-corrected chi connectivity index (χ0v) is 17.0. The van der Waals surface area contributed by atoms with Gasteiger partial charge in [0.2, 0.25) is 5.91 Å². The van der Waals surface area contributed by atoms with Gasteiger partial charge in [0.1, 0.15) is 0 Å². The third-order valence-electron chi connectivity index (χ3n) is 6.86. The minimum Gasteiger partial charge on any atom is -0.353 e. The highest BCUT2D eigenvalue weighted by atomic mass is 32.2. The molecule has 5 atom stereocenters. The van der Waals surface area contributed by atoms with Crippen molar-refractivity contribution in [3.63, 3.8) is 0 Å². The van der Waals surface area contributed by atoms with Crippen molar-refractivity contribution in [2.75, 3.05) is 31.6 Å². The summed E-state index contributed by atoms with van der Waals surface area (Å²) >= 11 is 0. The van der Waals surface area contributed by atoms with Crippen molar-refractivity contribution in [1.29, 1.82) is 0 Å². The van der Waals surface area contributed by atoms with Crippen LogP contribution in [0.1, 0.15) is 44.9 Å². The Bertz CT molecular complexity index is 708. The molecule has 2 bridgehead atoms. The normalized spacial score (nSPS) is 38.4. The van der Waals surface area contributed by atoms with E-state index >= 15 is 0 Å². The van der Waals surface area contributed by atoms with Crippen LogP contribution in [0.4, 0.5) is 0 Å². The Kier molecular flexibility index (Phi) is 5.36. The Hall–Kier alpha value is -1.31. The summed E-state index contributed by atoms with van der Waals surface area (Å²) in [7, 11) is -1.02. The maximum absolute atomic E-state index is 11.7. The maximum Gasteiger partial charge on any atom is 0.222 e. The Balaban J connectivity index is 1.40. The van der Waals surface area contributed by atoms with Crippen molar-refractivity contribution in [3.05, 3.63) is 0 Å². The number of nitrogens with zero attached hydrogens (tertiary/aromatic N) is 2. The molecule has 7 nitrogen and oxygen atoms in total. The summed E-state index contributed by atoms with van der Waals surface area (Å²) in [6, 6.07) is 0.676. The van der Waals surface area contributed by atoms with Gasteiger partial charge in [0.05, 0.1) is 11.5 Å². The van der Waals surface area contributed by atoms with Gasteiger partial charge in [0.15, 0.2) is 15.8 Å². The van der Waals surface area contributed by atoms with Crippen molar-refractivity contribution in [3.8, 4) is 0 Å². The van der Waals surface area contributed by atoms with Crippen LogP contribution in [0.15, 0.2) is 4.99 Å². The number of guanidine groups is 1. The second kappa shape index (κ2) is 7.60. The summed E-state index contributed by atoms with van der Waals surface area (Å²) < 4.78 is 23.4. The fraction of sp³-hybridized carbons (Fsp3) is 0.895. The Morgan fingerprint density at radius 2 is 2.04 bits per heavy atom. The van der Waals surface area contributed by atoms with Gasteiger partial charge in [-0.3, -0.25) is 9.79 Å². The molecule has 2 heterocycles. The van der Waals surface area contributed by atoms with Crippen LogP contribution in [0.3, 0.4) is 0 Å². The second-order valence-corrected chi connectivity index (χ2v) is 11.3. The van der Waals surface area contributed by atoms with E-state index in [1.54, 1.807) is 4.90 Å². The zero-order valence-electron chi connectivity index (χ0n) is 16.2. The van der Waals surface area contributed by atoms with E-state index in [1.807, 2.05) is 7.05 Å². The van der Waals surface area contributed by atoms with Crippen LogP contribution in [0.5, 0.6) is 0 Å². The summed E-state index contributed by atoms with van der Waals surface area (Å²) in [5, 5.41) is 7.18. The van der Waals surface area contributed by atoms with Gasteiger partial charge in [0.25, 0.3) is 0 Å². The van der Waals surface area contributed by atoms with E-state index < -0.39 is 9.84 Å². The molecule has 4 aliphatic rings. The molecular weight excluding hydrogens is 364 g/mol. The number of carbonyl (C=O) groups is 1. The molecule has 0 aromatic rings. The SMILES string of the molecule is CN1CC(NC(=NCC2CCS(=O)(=O)C2)NC2CC3CCC2C3)CCC1=O. The summed E-state index contributed by atoms with van der Waals surface area (Å²) in [6.45, 7) is 1.24. The van der Waals surface area contributed by atoms with Crippen molar-refractivity contribution in [2.45, 2.75) is 57.0 Å². The molecule has 2 saturated carbocycles. The lowest BCUT2D eigenvalue weighted by Gasteiger charge is -2.33. The van der Waals surface area contributed by atoms with Gasteiger partial charge in [0, 0.05) is 38.6 Å². The fourth-order valence-electron chi connectivity index (χ4n) is 5.29. The van der Waals surface area contributed by atoms with Crippen LogP contribution >= 0.6 is 0 Å². The lowest BCUT2D eigenvalue weighted by Crippen LogP contribution is -2.54. The minimum absolute atomic E-state index is 0.129. The van der Waals surface area contributed by atoms with Gasteiger partial charge in [-0.25, -0.2) is 8.42 Å². The number of piperidine rings is 1. The van der Waals surface area contributed by atoms with Crippen molar-refractivity contribution < 1.29 is 13.2 Å². The standard InChI is InChI=1S/C19H32N4O3S/c1-23-11-16(4-5-18(23)24)21-19(20-10-14-6-7-27(25,26)12-14)22-17-9-13-2-3-15(17)8-13/h13-17H,2-12H2,1H3,(H2,20,21,22). The first kappa shape index (κ1) is 19.0. The highest BCUT2D eigenvalue weighted by Gasteiger charge is 2.40. The van der Waals surface area contributed by atoms with Gasteiger partial charge >= 0.3 is 0 Å². The van der Waals surface area contributed by atoms with Crippen LogP contribution in [0.2, 0.25) is 0 Å². The first-order chi connectivity index (χ1) is 12.9. The van der Waals surface area contributed by atoms with Gasteiger partial charge in [-0.2, -0.15) is 0 Å². The van der Waals surface area contributed by atoms with E-state index in [0.29, 0.717) is 37.7 Å². The molecule has 2 aliphatic carbocycles. The number of hydrogen-bond donors (Lipinski definition) is 2. The number of amides is 1. The maximum atomic E-state index is 11.7. The number of likely N-dealkylation sites (N-methyl/N-ethyl adjacent to an activating group) is 1. The Morgan fingerprint density at radius 3 is 2.67 bits per heavy atom. The lowest BCUT2D eigenvalue weighted by molar-refractivity contribution is -0.132. The van der Waals surface area contributed by atoms with E-state index in [0.717, 1.165) is 24.2 Å². The zero-order chi connectivity index (χ0) is 19.0. The molecule has 0 spiro atoms. The van der Waals surface area contributed by atoms with E-state index in [4.69, 9.17) is 4.99 Å². The van der Waals surface area contributed by atoms with Gasteiger partial charge < -0.3 is 15.5 Å². The summed E-state index contributed by atoms with van der Waals surface area (Å²) in [5.74, 6) is 3.29. The Morgan fingerprint density at radius 1 is 1.19 bits per heavy atom. The molecule has 4 rings (SSSR count). The van der Waals surface area contributed by atoms with Crippen LogP contribution < -0.4 is 10.6 Å². The third kappa shape index (κ3) is 4.58. The summed E-state index contributed by atoms with van der Waals surface area (Å²) in [6.07, 6.45) is 7.30. The van der Waals surface area contributed by atoms with E-state index in [9.17, 15) is 13.2 Å². The first-order valence-electron chi connectivity index (χ1n) is 10.4. The number of rotatable bonds is 4. The van der Waals surface area contributed by atoms with Crippen LogP contribution in [-0.4, -0.2) is 68.9 Å². The molecule has 27 heavy (non-hydrogen) atoms. The van der Waals surface area contributed by atoms with Gasteiger partial charge in [-0.1, -0.05) is 6.42 Å². The average molecular weight is 397 g/mol. The van der Waals surface area contributed by atoms with Gasteiger partial charge in [-0.15, -0.1) is 0 Å². The number of nitrogens with one attached hydrogen (secondary N) is 2. The van der Waals surface area contributed by atoms with Crippen molar-refractivity contribution in [2.24, 2.45) is 22.7 Å². The fourth-order valence-corrected chi connectivity index (χ4v) is 7.14. The predicted molar refractivity (Wildman–Crippen MR) is 105 cm³/mol. The number of likely N-dealkylation sites (tertiary alicyclic amines) is 1. The van der Waals surface area contributed by atoms with Crippen LogP contribution in [-0.2, 0) is 14.6 Å². The quantitative estimate of drug-likeness (QED) is 0.541. The molecule has 2 aliphatic heterocycles. The molecule has 4 fully saturated rings. The first-order valence-corrected chi connectivity index (χ1v) is 12.2. The smallest absolute Gasteiger partial charge is 0.222 e. The lowest BCUT2D eigenvalue weighted by atomic mass is 9.95. The molecular formula is C19H32N4O3S. The molecule has 0 aromatic carbocycles. The molecule has 5 unspecified atom stereocenters. The van der Waals surface area contributed by atoms with Gasteiger partial charge in [-0.05, 0) is 49.9 Å².